The zero-order valence-corrected chi connectivity index (χ0v) is 11.8. The minimum absolute atomic E-state index is 0.0929. The van der Waals surface area contributed by atoms with E-state index in [1.165, 1.54) is 6.07 Å². The van der Waals surface area contributed by atoms with E-state index in [-0.39, 0.29) is 18.2 Å². The highest BCUT2D eigenvalue weighted by Gasteiger charge is 2.36. The van der Waals surface area contributed by atoms with E-state index in [0.717, 1.165) is 11.1 Å². The summed E-state index contributed by atoms with van der Waals surface area (Å²) in [6, 6.07) is 1.81. The molecular weight excluding hydrogens is 312 g/mol. The molecule has 0 fully saturated rings. The van der Waals surface area contributed by atoms with E-state index in [1.54, 1.807) is 13.8 Å². The van der Waals surface area contributed by atoms with Gasteiger partial charge in [-0.3, -0.25) is 0 Å². The molecule has 0 atom stereocenters. The lowest BCUT2D eigenvalue weighted by Gasteiger charge is -2.28. The van der Waals surface area contributed by atoms with Crippen LogP contribution in [-0.4, -0.2) is 24.2 Å². The minimum Gasteiger partial charge on any atom is -0.361 e. The van der Waals surface area contributed by atoms with Gasteiger partial charge in [0.25, 0.3) is 0 Å². The lowest BCUT2D eigenvalue weighted by Crippen LogP contribution is -2.37. The maximum Gasteiger partial charge on any atom is 0.419 e. The van der Waals surface area contributed by atoms with Crippen LogP contribution in [0.3, 0.4) is 0 Å². The Morgan fingerprint density at radius 1 is 1.23 bits per heavy atom. The van der Waals surface area contributed by atoms with Crippen LogP contribution in [0.2, 0.25) is 0 Å². The Kier molecular flexibility index (Phi) is 5.27. The molecule has 9 heteroatoms. The molecule has 3 nitrogen and oxygen atoms in total. The number of nitriles is 1. The molecule has 0 N–H and O–H groups in total. The maximum absolute atomic E-state index is 12.8. The van der Waals surface area contributed by atoms with Gasteiger partial charge in [-0.25, -0.2) is 4.98 Å². The van der Waals surface area contributed by atoms with Gasteiger partial charge < -0.3 is 4.90 Å². The van der Waals surface area contributed by atoms with E-state index in [1.807, 2.05) is 0 Å². The Labute approximate surface area is 123 Å². The van der Waals surface area contributed by atoms with Crippen molar-refractivity contribution < 1.29 is 26.3 Å². The van der Waals surface area contributed by atoms with Crippen LogP contribution in [0, 0.1) is 17.2 Å². The molecule has 0 saturated heterocycles. The van der Waals surface area contributed by atoms with E-state index >= 15 is 0 Å². The molecule has 1 rings (SSSR count). The number of anilines is 1. The Hall–Kier alpha value is -1.98. The Morgan fingerprint density at radius 2 is 1.82 bits per heavy atom. The zero-order chi connectivity index (χ0) is 17.1. The summed E-state index contributed by atoms with van der Waals surface area (Å²) in [4.78, 5) is 4.10. The van der Waals surface area contributed by atoms with Crippen LogP contribution < -0.4 is 4.90 Å². The second-order valence-electron chi connectivity index (χ2n) is 5.09. The fourth-order valence-corrected chi connectivity index (χ4v) is 1.85. The Bertz CT molecular complexity index is 556. The van der Waals surface area contributed by atoms with Crippen LogP contribution in [-0.2, 0) is 6.18 Å². The van der Waals surface area contributed by atoms with Crippen molar-refractivity contribution in [3.05, 3.63) is 23.5 Å². The Morgan fingerprint density at radius 3 is 2.23 bits per heavy atom. The van der Waals surface area contributed by atoms with Gasteiger partial charge in [-0.05, 0) is 12.0 Å². The molecule has 0 aromatic carbocycles. The molecule has 22 heavy (non-hydrogen) atoms. The number of halogens is 6. The molecule has 0 radical (unpaired) electrons. The SMILES string of the molecule is CC(C)CN(CC(F)(F)F)c1cnc(C#N)c(C(F)(F)F)c1. The molecule has 0 aliphatic carbocycles. The standard InChI is InChI=1S/C13H13F6N3/c1-8(2)6-22(7-12(14,15)16)9-3-10(13(17,18)19)11(4-20)21-5-9/h3,5,8H,6-7H2,1-2H3. The predicted molar refractivity (Wildman–Crippen MR) is 67.1 cm³/mol. The first kappa shape index (κ1) is 18.1. The van der Waals surface area contributed by atoms with E-state index in [9.17, 15) is 26.3 Å². The van der Waals surface area contributed by atoms with Crippen molar-refractivity contribution in [3.63, 3.8) is 0 Å². The molecule has 0 saturated carbocycles. The van der Waals surface area contributed by atoms with Crippen molar-refractivity contribution in [2.24, 2.45) is 5.92 Å². The number of hydrogen-bond acceptors (Lipinski definition) is 3. The van der Waals surface area contributed by atoms with Crippen molar-refractivity contribution in [1.82, 2.24) is 4.98 Å². The first-order valence-corrected chi connectivity index (χ1v) is 6.23. The molecule has 1 heterocycles. The second kappa shape index (κ2) is 6.42. The van der Waals surface area contributed by atoms with Crippen LogP contribution >= 0.6 is 0 Å². The fraction of sp³-hybridized carbons (Fsp3) is 0.538. The van der Waals surface area contributed by atoms with Crippen LogP contribution in [0.15, 0.2) is 12.3 Å². The summed E-state index contributed by atoms with van der Waals surface area (Å²) >= 11 is 0. The summed E-state index contributed by atoms with van der Waals surface area (Å²) in [6.45, 7) is 1.80. The van der Waals surface area contributed by atoms with Crippen molar-refractivity contribution >= 4 is 5.69 Å². The van der Waals surface area contributed by atoms with Crippen LogP contribution in [0.25, 0.3) is 0 Å². The third-order valence-corrected chi connectivity index (χ3v) is 2.61. The highest BCUT2D eigenvalue weighted by molar-refractivity contribution is 5.51. The van der Waals surface area contributed by atoms with Gasteiger partial charge in [-0.2, -0.15) is 31.6 Å². The molecule has 0 aliphatic heterocycles. The summed E-state index contributed by atoms with van der Waals surface area (Å²) in [5.41, 5.74) is -2.53. The lowest BCUT2D eigenvalue weighted by molar-refractivity contribution is -0.138. The summed E-state index contributed by atoms with van der Waals surface area (Å²) < 4.78 is 76.3. The number of alkyl halides is 6. The van der Waals surface area contributed by atoms with Crippen LogP contribution in [0.4, 0.5) is 32.0 Å². The number of rotatable bonds is 4. The lowest BCUT2D eigenvalue weighted by atomic mass is 10.1. The Balaban J connectivity index is 3.28. The van der Waals surface area contributed by atoms with Crippen LogP contribution in [0.5, 0.6) is 0 Å². The topological polar surface area (TPSA) is 39.9 Å². The van der Waals surface area contributed by atoms with Crippen molar-refractivity contribution in [3.8, 4) is 6.07 Å². The predicted octanol–water partition coefficient (Wildman–Crippen LogP) is 4.00. The molecule has 0 amide bonds. The van der Waals surface area contributed by atoms with E-state index < -0.39 is 30.2 Å². The molecule has 0 bridgehead atoms. The van der Waals surface area contributed by atoms with Gasteiger partial charge in [-0.1, -0.05) is 13.8 Å². The quantitative estimate of drug-likeness (QED) is 0.786. The van der Waals surface area contributed by atoms with Crippen molar-refractivity contribution in [2.75, 3.05) is 18.0 Å². The number of nitrogens with zero attached hydrogens (tertiary/aromatic N) is 3. The molecule has 0 aliphatic rings. The molecular formula is C13H13F6N3. The van der Waals surface area contributed by atoms with Gasteiger partial charge in [0, 0.05) is 6.54 Å². The van der Waals surface area contributed by atoms with Gasteiger partial charge in [0.05, 0.1) is 17.4 Å². The average Bonchev–Trinajstić information content (AvgIpc) is 2.34. The summed E-state index contributed by atoms with van der Waals surface area (Å²) in [6.07, 6.45) is -8.58. The van der Waals surface area contributed by atoms with Crippen molar-refractivity contribution in [1.29, 1.82) is 5.26 Å². The number of aromatic nitrogens is 1. The summed E-state index contributed by atoms with van der Waals surface area (Å²) in [5.74, 6) is -0.202. The normalized spacial score (nSPS) is 12.4. The first-order chi connectivity index (χ1) is 9.94. The maximum atomic E-state index is 12.8. The number of pyridine rings is 1. The van der Waals surface area contributed by atoms with Gasteiger partial charge in [0.2, 0.25) is 0 Å². The molecule has 0 spiro atoms. The van der Waals surface area contributed by atoms with Gasteiger partial charge in [0.15, 0.2) is 5.69 Å². The third kappa shape index (κ3) is 5.09. The fourth-order valence-electron chi connectivity index (χ4n) is 1.85. The van der Waals surface area contributed by atoms with Crippen LogP contribution in [0.1, 0.15) is 25.1 Å². The van der Waals surface area contributed by atoms with E-state index in [0.29, 0.717) is 6.07 Å². The van der Waals surface area contributed by atoms with E-state index in [4.69, 9.17) is 5.26 Å². The van der Waals surface area contributed by atoms with Gasteiger partial charge in [-0.15, -0.1) is 0 Å². The smallest absolute Gasteiger partial charge is 0.361 e. The summed E-state index contributed by atoms with van der Waals surface area (Å²) in [7, 11) is 0. The van der Waals surface area contributed by atoms with Gasteiger partial charge in [0.1, 0.15) is 12.6 Å². The highest BCUT2D eigenvalue weighted by Crippen LogP contribution is 2.34. The minimum atomic E-state index is -4.87. The second-order valence-corrected chi connectivity index (χ2v) is 5.09. The largest absolute Gasteiger partial charge is 0.419 e. The highest BCUT2D eigenvalue weighted by atomic mass is 19.4. The molecule has 122 valence electrons. The molecule has 1 aromatic heterocycles. The first-order valence-electron chi connectivity index (χ1n) is 6.23. The zero-order valence-electron chi connectivity index (χ0n) is 11.8. The number of hydrogen-bond donors (Lipinski definition) is 0. The monoisotopic (exact) mass is 325 g/mol. The van der Waals surface area contributed by atoms with Crippen molar-refractivity contribution in [2.45, 2.75) is 26.2 Å². The van der Waals surface area contributed by atoms with Gasteiger partial charge >= 0.3 is 12.4 Å². The third-order valence-electron chi connectivity index (χ3n) is 2.61. The van der Waals surface area contributed by atoms with E-state index in [2.05, 4.69) is 4.98 Å². The average molecular weight is 325 g/mol. The molecule has 0 unspecified atom stereocenters. The molecule has 1 aromatic rings. The summed E-state index contributed by atoms with van der Waals surface area (Å²) in [5, 5.41) is 8.64.